The number of rotatable bonds is 2. The van der Waals surface area contributed by atoms with Gasteiger partial charge in [-0.15, -0.1) is 0 Å². The van der Waals surface area contributed by atoms with E-state index >= 15 is 0 Å². The van der Waals surface area contributed by atoms with E-state index in [2.05, 4.69) is 15.6 Å². The fourth-order valence-electron chi connectivity index (χ4n) is 0.0434. The molecule has 0 bridgehead atoms. The first kappa shape index (κ1) is 7.81. The summed E-state index contributed by atoms with van der Waals surface area (Å²) in [6.07, 6.45) is 0. The zero-order valence-corrected chi connectivity index (χ0v) is 5.62. The maximum Gasteiger partial charge on any atom is 0.481 e. The van der Waals surface area contributed by atoms with Crippen molar-refractivity contribution in [3.63, 3.8) is 0 Å². The van der Waals surface area contributed by atoms with Crippen molar-refractivity contribution < 1.29 is 18.3 Å². The maximum atomic E-state index is 9.63. The minimum Gasteiger partial charge on any atom is -0.302 e. The summed E-state index contributed by atoms with van der Waals surface area (Å²) >= 11 is 3.66. The molecule has 0 aliphatic heterocycles. The summed E-state index contributed by atoms with van der Waals surface area (Å²) in [6, 6.07) is 0. The standard InChI is InChI=1S/H3O4PS2/c1-5(2,3)4-7-6/h6H,(H2,1,2,3). The fourth-order valence-corrected chi connectivity index (χ4v) is 1.17. The van der Waals surface area contributed by atoms with Crippen LogP contribution in [0.15, 0.2) is 0 Å². The van der Waals surface area contributed by atoms with Crippen LogP contribution in [0.1, 0.15) is 0 Å². The first-order valence-electron chi connectivity index (χ1n) is 1.11. The van der Waals surface area contributed by atoms with Crippen LogP contribution in [0.25, 0.3) is 0 Å². The van der Waals surface area contributed by atoms with Crippen LogP contribution in [-0.2, 0) is 8.54 Å². The van der Waals surface area contributed by atoms with E-state index in [0.717, 1.165) is 0 Å². The van der Waals surface area contributed by atoms with E-state index in [9.17, 15) is 4.57 Å². The molecule has 0 aromatic heterocycles. The van der Waals surface area contributed by atoms with Gasteiger partial charge in [-0.3, -0.25) is 0 Å². The predicted molar refractivity (Wildman–Crippen MR) is 29.7 cm³/mol. The minimum absolute atomic E-state index is 0.340. The third-order valence-corrected chi connectivity index (χ3v) is 1.77. The second-order valence-corrected chi connectivity index (χ2v) is 2.81. The zero-order valence-electron chi connectivity index (χ0n) is 3.01. The molecule has 0 amide bonds. The van der Waals surface area contributed by atoms with Gasteiger partial charge in [0.25, 0.3) is 0 Å². The largest absolute Gasteiger partial charge is 0.481 e. The van der Waals surface area contributed by atoms with Gasteiger partial charge in [0.1, 0.15) is 0 Å². The zero-order chi connectivity index (χ0) is 5.91. The third kappa shape index (κ3) is 6.81. The van der Waals surface area contributed by atoms with Crippen LogP contribution >= 0.6 is 30.6 Å². The van der Waals surface area contributed by atoms with Crippen LogP contribution in [-0.4, -0.2) is 9.79 Å². The average molecular weight is 162 g/mol. The van der Waals surface area contributed by atoms with Crippen LogP contribution in [0.3, 0.4) is 0 Å². The topological polar surface area (TPSA) is 66.8 Å². The summed E-state index contributed by atoms with van der Waals surface area (Å²) in [5.41, 5.74) is 0. The molecule has 0 rings (SSSR count). The van der Waals surface area contributed by atoms with E-state index in [-0.39, 0.29) is 0 Å². The molecule has 0 heterocycles. The van der Waals surface area contributed by atoms with Gasteiger partial charge in [0.2, 0.25) is 0 Å². The van der Waals surface area contributed by atoms with Crippen molar-refractivity contribution >= 4 is 30.6 Å². The molecule has 0 atom stereocenters. The van der Waals surface area contributed by atoms with Crippen molar-refractivity contribution in [1.82, 2.24) is 0 Å². The highest BCUT2D eigenvalue weighted by atomic mass is 33.1. The Morgan fingerprint density at radius 1 is 1.71 bits per heavy atom. The normalized spacial score (nSPS) is 11.9. The van der Waals surface area contributed by atoms with Crippen molar-refractivity contribution in [1.29, 1.82) is 0 Å². The number of phosphoric acid groups is 1. The minimum atomic E-state index is -4.28. The molecule has 0 aliphatic rings. The number of thiol groups is 1. The first-order chi connectivity index (χ1) is 3.06. The van der Waals surface area contributed by atoms with Crippen LogP contribution < -0.4 is 0 Å². The molecule has 0 aromatic rings. The predicted octanol–water partition coefficient (Wildman–Crippen LogP) is 0.589. The fraction of sp³-hybridized carbons (Fsp3) is 0. The second kappa shape index (κ2) is 2.96. The smallest absolute Gasteiger partial charge is 0.302 e. The van der Waals surface area contributed by atoms with E-state index in [1.165, 1.54) is 0 Å². The van der Waals surface area contributed by atoms with Gasteiger partial charge in [0, 0.05) is 0 Å². The Hall–Kier alpha value is 0.810. The molecule has 0 aromatic carbocycles. The molecular weight excluding hydrogens is 159 g/mol. The van der Waals surface area contributed by atoms with Crippen molar-refractivity contribution in [2.45, 2.75) is 0 Å². The maximum absolute atomic E-state index is 9.63. The van der Waals surface area contributed by atoms with Crippen LogP contribution in [0, 0.1) is 0 Å². The van der Waals surface area contributed by atoms with Gasteiger partial charge in [-0.05, 0) is 0 Å². The van der Waals surface area contributed by atoms with Gasteiger partial charge in [0.05, 0.1) is 11.1 Å². The van der Waals surface area contributed by atoms with E-state index in [4.69, 9.17) is 9.79 Å². The Labute approximate surface area is 49.5 Å². The van der Waals surface area contributed by atoms with Crippen LogP contribution in [0.4, 0.5) is 0 Å². The summed E-state index contributed by atoms with van der Waals surface area (Å²) in [5, 5.41) is 0. The SMILES string of the molecule is O=P(O)(O)OSS. The Morgan fingerprint density at radius 3 is 2.14 bits per heavy atom. The lowest BCUT2D eigenvalue weighted by atomic mass is 15.8. The Kier molecular flexibility index (Phi) is 3.30. The molecule has 44 valence electrons. The molecule has 0 unspecified atom stereocenters. The third-order valence-electron chi connectivity index (χ3n) is 0.130. The van der Waals surface area contributed by atoms with Gasteiger partial charge in [-0.1, -0.05) is 11.7 Å². The number of hydrogen-bond donors (Lipinski definition) is 3. The molecule has 2 N–H and O–H groups in total. The summed E-state index contributed by atoms with van der Waals surface area (Å²) in [7, 11) is -4.28. The monoisotopic (exact) mass is 162 g/mol. The van der Waals surface area contributed by atoms with Gasteiger partial charge < -0.3 is 9.79 Å². The summed E-state index contributed by atoms with van der Waals surface area (Å²) < 4.78 is 13.3. The lowest BCUT2D eigenvalue weighted by molar-refractivity contribution is 0.300. The van der Waals surface area contributed by atoms with E-state index < -0.39 is 7.82 Å². The van der Waals surface area contributed by atoms with Gasteiger partial charge >= 0.3 is 7.82 Å². The molecule has 0 aliphatic carbocycles. The lowest BCUT2D eigenvalue weighted by Crippen LogP contribution is -1.72. The summed E-state index contributed by atoms with van der Waals surface area (Å²) in [6.45, 7) is 0. The summed E-state index contributed by atoms with van der Waals surface area (Å²) in [5.74, 6) is 0. The molecule has 0 spiro atoms. The van der Waals surface area contributed by atoms with Gasteiger partial charge in [-0.2, -0.15) is 0 Å². The van der Waals surface area contributed by atoms with Crippen molar-refractivity contribution in [2.75, 3.05) is 0 Å². The Morgan fingerprint density at radius 2 is 2.14 bits per heavy atom. The first-order valence-corrected chi connectivity index (χ1v) is 4.44. The van der Waals surface area contributed by atoms with Crippen molar-refractivity contribution in [3.05, 3.63) is 0 Å². The molecular formula is H3O4PS2. The molecule has 7 heavy (non-hydrogen) atoms. The highest BCUT2D eigenvalue weighted by Crippen LogP contribution is 2.41. The molecule has 0 saturated heterocycles. The van der Waals surface area contributed by atoms with Gasteiger partial charge in [-0.25, -0.2) is 8.54 Å². The highest BCUT2D eigenvalue weighted by Gasteiger charge is 2.12. The number of hydrogen-bond acceptors (Lipinski definition) is 4. The molecule has 0 radical (unpaired) electrons. The average Bonchev–Trinajstić information content (AvgIpc) is 1.30. The van der Waals surface area contributed by atoms with Crippen LogP contribution in [0.2, 0.25) is 0 Å². The molecule has 0 saturated carbocycles. The van der Waals surface area contributed by atoms with E-state index in [0.29, 0.717) is 11.1 Å². The van der Waals surface area contributed by atoms with Crippen molar-refractivity contribution in [3.8, 4) is 0 Å². The van der Waals surface area contributed by atoms with Crippen LogP contribution in [0.5, 0.6) is 0 Å². The Balaban J connectivity index is 3.36. The highest BCUT2D eigenvalue weighted by molar-refractivity contribution is 8.67. The van der Waals surface area contributed by atoms with Gasteiger partial charge in [0.15, 0.2) is 0 Å². The van der Waals surface area contributed by atoms with E-state index in [1.54, 1.807) is 0 Å². The summed E-state index contributed by atoms with van der Waals surface area (Å²) in [4.78, 5) is 15.7. The second-order valence-electron chi connectivity index (χ2n) is 0.640. The molecule has 0 fully saturated rings. The quantitative estimate of drug-likeness (QED) is 0.240. The van der Waals surface area contributed by atoms with E-state index in [1.807, 2.05) is 0 Å². The van der Waals surface area contributed by atoms with Crippen molar-refractivity contribution in [2.24, 2.45) is 0 Å². The lowest BCUT2D eigenvalue weighted by Gasteiger charge is -1.95. The molecule has 7 heteroatoms. The molecule has 4 nitrogen and oxygen atoms in total. The Bertz CT molecular complexity index is 83.7.